The Labute approximate surface area is 102 Å². The van der Waals surface area contributed by atoms with Gasteiger partial charge in [-0.1, -0.05) is 0 Å². The van der Waals surface area contributed by atoms with Crippen molar-refractivity contribution in [1.29, 1.82) is 5.26 Å². The van der Waals surface area contributed by atoms with Crippen LogP contribution < -0.4 is 0 Å². The second-order valence-corrected chi connectivity index (χ2v) is 3.23. The van der Waals surface area contributed by atoms with Gasteiger partial charge in [-0.3, -0.25) is 10.1 Å². The molecule has 0 amide bonds. The molecule has 0 spiro atoms. The van der Waals surface area contributed by atoms with Crippen molar-refractivity contribution in [2.45, 2.75) is 13.5 Å². The van der Waals surface area contributed by atoms with Crippen LogP contribution in [0.2, 0.25) is 0 Å². The molecule has 1 rings (SSSR count). The zero-order valence-electron chi connectivity index (χ0n) is 9.54. The summed E-state index contributed by atoms with van der Waals surface area (Å²) in [5, 5.41) is 28.8. The van der Waals surface area contributed by atoms with Crippen molar-refractivity contribution in [3.05, 3.63) is 38.9 Å². The number of nitro benzene ring substituents is 1. The van der Waals surface area contributed by atoms with Crippen LogP contribution in [0.15, 0.2) is 12.1 Å². The number of nitro groups is 1. The highest BCUT2D eigenvalue weighted by atomic mass is 16.6. The van der Waals surface area contributed by atoms with Crippen LogP contribution in [0.5, 0.6) is 0 Å². The van der Waals surface area contributed by atoms with Gasteiger partial charge in [0, 0.05) is 11.6 Å². The van der Waals surface area contributed by atoms with E-state index in [-0.39, 0.29) is 23.3 Å². The van der Waals surface area contributed by atoms with Gasteiger partial charge in [-0.2, -0.15) is 5.26 Å². The Hall–Kier alpha value is -2.46. The summed E-state index contributed by atoms with van der Waals surface area (Å²) in [5.41, 5.74) is -0.908. The molecule has 0 saturated carbocycles. The van der Waals surface area contributed by atoms with Crippen molar-refractivity contribution in [2.75, 3.05) is 6.61 Å². The smallest absolute Gasteiger partial charge is 0.338 e. The Bertz CT molecular complexity index is 533. The van der Waals surface area contributed by atoms with Crippen LogP contribution in [0.25, 0.3) is 0 Å². The first-order valence-electron chi connectivity index (χ1n) is 5.05. The molecular formula is C11H10N2O5. The number of nitrogens with zero attached hydrogens (tertiary/aromatic N) is 2. The average Bonchev–Trinajstić information content (AvgIpc) is 2.36. The number of hydrogen-bond acceptors (Lipinski definition) is 6. The molecule has 0 aliphatic carbocycles. The van der Waals surface area contributed by atoms with Gasteiger partial charge >= 0.3 is 5.97 Å². The second kappa shape index (κ2) is 5.75. The lowest BCUT2D eigenvalue weighted by Crippen LogP contribution is -2.11. The Morgan fingerprint density at radius 2 is 2.28 bits per heavy atom. The Balaban J connectivity index is 3.45. The first-order chi connectivity index (χ1) is 8.56. The van der Waals surface area contributed by atoms with Gasteiger partial charge in [0.1, 0.15) is 11.6 Å². The number of nitriles is 1. The molecular weight excluding hydrogens is 240 g/mol. The number of rotatable bonds is 4. The van der Waals surface area contributed by atoms with Crippen LogP contribution in [0.1, 0.15) is 28.4 Å². The standard InChI is InChI=1S/C11H10N2O5/c1-2-18-11(15)7-3-4-10(13(16)17)8(5-12)9(7)6-14/h3-4,14H,2,6H2,1H3. The van der Waals surface area contributed by atoms with Gasteiger partial charge in [-0.15, -0.1) is 0 Å². The summed E-state index contributed by atoms with van der Waals surface area (Å²) in [7, 11) is 0. The van der Waals surface area contributed by atoms with E-state index in [1.807, 2.05) is 0 Å². The van der Waals surface area contributed by atoms with E-state index in [0.717, 1.165) is 6.07 Å². The molecule has 0 atom stereocenters. The maximum Gasteiger partial charge on any atom is 0.338 e. The van der Waals surface area contributed by atoms with Crippen LogP contribution >= 0.6 is 0 Å². The molecule has 18 heavy (non-hydrogen) atoms. The van der Waals surface area contributed by atoms with E-state index in [1.165, 1.54) is 6.07 Å². The summed E-state index contributed by atoms with van der Waals surface area (Å²) >= 11 is 0. The molecule has 0 aromatic heterocycles. The molecule has 0 unspecified atom stereocenters. The van der Waals surface area contributed by atoms with Crippen molar-refractivity contribution in [3.8, 4) is 6.07 Å². The van der Waals surface area contributed by atoms with E-state index in [1.54, 1.807) is 13.0 Å². The highest BCUT2D eigenvalue weighted by molar-refractivity contribution is 5.92. The minimum atomic E-state index is -0.743. The van der Waals surface area contributed by atoms with Crippen molar-refractivity contribution < 1.29 is 19.6 Å². The molecule has 7 nitrogen and oxygen atoms in total. The Morgan fingerprint density at radius 1 is 1.61 bits per heavy atom. The third-order valence-electron chi connectivity index (χ3n) is 2.25. The van der Waals surface area contributed by atoms with Crippen molar-refractivity contribution >= 4 is 11.7 Å². The molecule has 0 fully saturated rings. The maximum absolute atomic E-state index is 11.6. The minimum absolute atomic E-state index is 0.0403. The normalized spacial score (nSPS) is 9.61. The van der Waals surface area contributed by atoms with Crippen LogP contribution in [0.3, 0.4) is 0 Å². The number of carbonyl (C=O) groups is 1. The number of benzene rings is 1. The molecule has 1 N–H and O–H groups in total. The first-order valence-corrected chi connectivity index (χ1v) is 5.05. The molecule has 0 radical (unpaired) electrons. The molecule has 1 aromatic rings. The molecule has 0 heterocycles. The largest absolute Gasteiger partial charge is 0.462 e. The minimum Gasteiger partial charge on any atom is -0.462 e. The van der Waals surface area contributed by atoms with E-state index in [0.29, 0.717) is 0 Å². The third-order valence-corrected chi connectivity index (χ3v) is 2.25. The van der Waals surface area contributed by atoms with Gasteiger partial charge in [0.05, 0.1) is 23.7 Å². The van der Waals surface area contributed by atoms with Gasteiger partial charge in [0.25, 0.3) is 5.69 Å². The lowest BCUT2D eigenvalue weighted by molar-refractivity contribution is -0.385. The summed E-state index contributed by atoms with van der Waals surface area (Å²) in [6.07, 6.45) is 0. The maximum atomic E-state index is 11.6. The quantitative estimate of drug-likeness (QED) is 0.486. The van der Waals surface area contributed by atoms with Gasteiger partial charge in [0.2, 0.25) is 0 Å². The predicted octanol–water partition coefficient (Wildman–Crippen LogP) is 1.14. The number of ether oxygens (including phenoxy) is 1. The number of esters is 1. The van der Waals surface area contributed by atoms with E-state index < -0.39 is 23.2 Å². The number of aliphatic hydroxyl groups is 1. The van der Waals surface area contributed by atoms with Crippen molar-refractivity contribution in [2.24, 2.45) is 0 Å². The van der Waals surface area contributed by atoms with Crippen LogP contribution in [0, 0.1) is 21.4 Å². The SMILES string of the molecule is CCOC(=O)c1ccc([N+](=O)[O-])c(C#N)c1CO. The van der Waals surface area contributed by atoms with E-state index >= 15 is 0 Å². The fourth-order valence-corrected chi connectivity index (χ4v) is 1.48. The highest BCUT2D eigenvalue weighted by Gasteiger charge is 2.23. The predicted molar refractivity (Wildman–Crippen MR) is 59.7 cm³/mol. The topological polar surface area (TPSA) is 113 Å². The lowest BCUT2D eigenvalue weighted by Gasteiger charge is -2.08. The fourth-order valence-electron chi connectivity index (χ4n) is 1.48. The van der Waals surface area contributed by atoms with Gasteiger partial charge in [-0.25, -0.2) is 4.79 Å². The molecule has 0 aliphatic heterocycles. The number of hydrogen-bond donors (Lipinski definition) is 1. The Kier molecular flexibility index (Phi) is 4.34. The van der Waals surface area contributed by atoms with Gasteiger partial charge in [-0.05, 0) is 13.0 Å². The van der Waals surface area contributed by atoms with Crippen LogP contribution in [-0.4, -0.2) is 22.6 Å². The summed E-state index contributed by atoms with van der Waals surface area (Å²) < 4.78 is 4.74. The van der Waals surface area contributed by atoms with E-state index in [9.17, 15) is 20.0 Å². The molecule has 0 aliphatic rings. The van der Waals surface area contributed by atoms with Gasteiger partial charge < -0.3 is 9.84 Å². The average molecular weight is 250 g/mol. The zero-order valence-corrected chi connectivity index (χ0v) is 9.54. The van der Waals surface area contributed by atoms with Crippen LogP contribution in [0.4, 0.5) is 5.69 Å². The van der Waals surface area contributed by atoms with E-state index in [4.69, 9.17) is 10.00 Å². The summed E-state index contributed by atoms with van der Waals surface area (Å²) in [5.74, 6) is -0.729. The summed E-state index contributed by atoms with van der Waals surface area (Å²) in [6, 6.07) is 3.84. The molecule has 94 valence electrons. The molecule has 0 bridgehead atoms. The van der Waals surface area contributed by atoms with Gasteiger partial charge in [0.15, 0.2) is 0 Å². The fraction of sp³-hybridized carbons (Fsp3) is 0.273. The number of aliphatic hydroxyl groups excluding tert-OH is 1. The summed E-state index contributed by atoms with van der Waals surface area (Å²) in [4.78, 5) is 21.5. The zero-order chi connectivity index (χ0) is 13.7. The van der Waals surface area contributed by atoms with E-state index in [2.05, 4.69) is 0 Å². The Morgan fingerprint density at radius 3 is 2.72 bits per heavy atom. The van der Waals surface area contributed by atoms with Crippen molar-refractivity contribution in [3.63, 3.8) is 0 Å². The monoisotopic (exact) mass is 250 g/mol. The van der Waals surface area contributed by atoms with Crippen LogP contribution in [-0.2, 0) is 11.3 Å². The third kappa shape index (κ3) is 2.44. The van der Waals surface area contributed by atoms with Crippen molar-refractivity contribution in [1.82, 2.24) is 0 Å². The number of carbonyl (C=O) groups excluding carboxylic acids is 1. The highest BCUT2D eigenvalue weighted by Crippen LogP contribution is 2.25. The first kappa shape index (κ1) is 13.6. The second-order valence-electron chi connectivity index (χ2n) is 3.23. The lowest BCUT2D eigenvalue weighted by atomic mass is 10.0. The molecule has 7 heteroatoms. The molecule has 1 aromatic carbocycles. The molecule has 0 saturated heterocycles. The summed E-state index contributed by atoms with van der Waals surface area (Å²) in [6.45, 7) is 1.08.